The topological polar surface area (TPSA) is 35.8 Å². The Kier molecular flexibility index (Phi) is 3.78. The molecule has 0 aromatic heterocycles. The van der Waals surface area contributed by atoms with Crippen LogP contribution in [0.3, 0.4) is 0 Å². The van der Waals surface area contributed by atoms with Gasteiger partial charge in [-0.1, -0.05) is 42.5 Å². The monoisotopic (exact) mass is 234 g/mol. The normalized spacial score (nSPS) is 10.8. The zero-order chi connectivity index (χ0) is 12.8. The molecule has 0 aliphatic carbocycles. The van der Waals surface area contributed by atoms with Gasteiger partial charge in [-0.15, -0.1) is 0 Å². The number of nitrogens with zero attached hydrogens (tertiary/aromatic N) is 1. The summed E-state index contributed by atoms with van der Waals surface area (Å²) in [5.41, 5.74) is 3.67. The Morgan fingerprint density at radius 1 is 1.06 bits per heavy atom. The van der Waals surface area contributed by atoms with Crippen molar-refractivity contribution in [1.82, 2.24) is 0 Å². The average Bonchev–Trinajstić information content (AvgIpc) is 2.46. The molecule has 0 spiro atoms. The van der Waals surface area contributed by atoms with E-state index in [1.807, 2.05) is 67.7 Å². The zero-order valence-corrected chi connectivity index (χ0v) is 10.2. The number of hydrogen-bond acceptors (Lipinski definition) is 2. The third-order valence-corrected chi connectivity index (χ3v) is 2.72. The summed E-state index contributed by atoms with van der Waals surface area (Å²) in [5.74, 6) is 0. The number of hydrogen-bond donors (Lipinski definition) is 1. The molecule has 18 heavy (non-hydrogen) atoms. The second-order valence-electron chi connectivity index (χ2n) is 3.91. The van der Waals surface area contributed by atoms with Gasteiger partial charge in [0.15, 0.2) is 0 Å². The molecular formula is C16H14N2. The summed E-state index contributed by atoms with van der Waals surface area (Å²) >= 11 is 0. The number of allylic oxidation sites excluding steroid dienone is 1. The van der Waals surface area contributed by atoms with E-state index in [-0.39, 0.29) is 0 Å². The first-order chi connectivity index (χ1) is 8.83. The summed E-state index contributed by atoms with van der Waals surface area (Å²) in [6.45, 7) is 0. The average molecular weight is 234 g/mol. The van der Waals surface area contributed by atoms with Gasteiger partial charge in [-0.05, 0) is 29.3 Å². The van der Waals surface area contributed by atoms with Crippen LogP contribution >= 0.6 is 0 Å². The van der Waals surface area contributed by atoms with Crippen LogP contribution in [0.2, 0.25) is 0 Å². The highest BCUT2D eigenvalue weighted by molar-refractivity contribution is 5.89. The van der Waals surface area contributed by atoms with E-state index in [0.29, 0.717) is 5.57 Å². The fourth-order valence-electron chi connectivity index (χ4n) is 1.71. The van der Waals surface area contributed by atoms with Crippen molar-refractivity contribution in [2.24, 2.45) is 0 Å². The summed E-state index contributed by atoms with van der Waals surface area (Å²) in [4.78, 5) is 0. The molecule has 2 rings (SSSR count). The van der Waals surface area contributed by atoms with Gasteiger partial charge in [-0.25, -0.2) is 0 Å². The van der Waals surface area contributed by atoms with Crippen molar-refractivity contribution in [2.45, 2.75) is 0 Å². The summed E-state index contributed by atoms with van der Waals surface area (Å²) in [6, 6.07) is 19.9. The highest BCUT2D eigenvalue weighted by atomic mass is 14.8. The molecule has 0 unspecified atom stereocenters. The minimum absolute atomic E-state index is 0.670. The smallest absolute Gasteiger partial charge is 0.0998 e. The van der Waals surface area contributed by atoms with Gasteiger partial charge in [0.2, 0.25) is 0 Å². The molecule has 0 bridgehead atoms. The van der Waals surface area contributed by atoms with Gasteiger partial charge in [0, 0.05) is 12.7 Å². The van der Waals surface area contributed by atoms with E-state index in [2.05, 4.69) is 11.4 Å². The Hall–Kier alpha value is -2.53. The van der Waals surface area contributed by atoms with E-state index in [4.69, 9.17) is 0 Å². The highest BCUT2D eigenvalue weighted by Crippen LogP contribution is 2.19. The standard InChI is InChI=1S/C16H14N2/c1-18-16-9-7-14(8-10-16)15(12-17)11-13-5-3-2-4-6-13/h2-11,18H,1H3. The Morgan fingerprint density at radius 3 is 2.28 bits per heavy atom. The number of rotatable bonds is 3. The molecule has 0 radical (unpaired) electrons. The number of anilines is 1. The second kappa shape index (κ2) is 5.70. The van der Waals surface area contributed by atoms with Crippen molar-refractivity contribution in [1.29, 1.82) is 5.26 Å². The van der Waals surface area contributed by atoms with E-state index in [1.165, 1.54) is 0 Å². The van der Waals surface area contributed by atoms with Crippen LogP contribution in [0.25, 0.3) is 11.6 Å². The van der Waals surface area contributed by atoms with Crippen LogP contribution in [-0.4, -0.2) is 7.05 Å². The maximum Gasteiger partial charge on any atom is 0.0998 e. The Labute approximate surface area is 107 Å². The molecule has 2 aromatic carbocycles. The minimum Gasteiger partial charge on any atom is -0.388 e. The van der Waals surface area contributed by atoms with Crippen LogP contribution in [0.1, 0.15) is 11.1 Å². The van der Waals surface area contributed by atoms with Crippen molar-refractivity contribution in [3.8, 4) is 6.07 Å². The van der Waals surface area contributed by atoms with Crippen LogP contribution in [0.4, 0.5) is 5.69 Å². The zero-order valence-electron chi connectivity index (χ0n) is 10.2. The van der Waals surface area contributed by atoms with Crippen LogP contribution in [-0.2, 0) is 0 Å². The molecule has 88 valence electrons. The summed E-state index contributed by atoms with van der Waals surface area (Å²) < 4.78 is 0. The predicted octanol–water partition coefficient (Wildman–Crippen LogP) is 3.79. The molecule has 0 saturated heterocycles. The molecule has 0 aliphatic rings. The summed E-state index contributed by atoms with van der Waals surface area (Å²) in [5, 5.41) is 12.3. The number of benzene rings is 2. The quantitative estimate of drug-likeness (QED) is 0.647. The van der Waals surface area contributed by atoms with Gasteiger partial charge in [-0.3, -0.25) is 0 Å². The molecule has 2 heteroatoms. The number of nitrogens with one attached hydrogen (secondary N) is 1. The van der Waals surface area contributed by atoms with Gasteiger partial charge in [-0.2, -0.15) is 5.26 Å². The van der Waals surface area contributed by atoms with Gasteiger partial charge in [0.05, 0.1) is 11.6 Å². The van der Waals surface area contributed by atoms with E-state index in [0.717, 1.165) is 16.8 Å². The number of nitriles is 1. The predicted molar refractivity (Wildman–Crippen MR) is 75.9 cm³/mol. The molecule has 0 heterocycles. The first-order valence-corrected chi connectivity index (χ1v) is 5.78. The molecule has 0 atom stereocenters. The maximum absolute atomic E-state index is 9.23. The third kappa shape index (κ3) is 2.78. The molecule has 0 fully saturated rings. The lowest BCUT2D eigenvalue weighted by Gasteiger charge is -2.02. The molecule has 2 aromatic rings. The maximum atomic E-state index is 9.23. The van der Waals surface area contributed by atoms with Crippen LogP contribution in [0, 0.1) is 11.3 Å². The molecular weight excluding hydrogens is 220 g/mol. The van der Waals surface area contributed by atoms with Crippen LogP contribution in [0.5, 0.6) is 0 Å². The van der Waals surface area contributed by atoms with Crippen molar-refractivity contribution in [3.05, 3.63) is 65.7 Å². The van der Waals surface area contributed by atoms with E-state index >= 15 is 0 Å². The minimum atomic E-state index is 0.670. The van der Waals surface area contributed by atoms with Crippen LogP contribution < -0.4 is 5.32 Å². The summed E-state index contributed by atoms with van der Waals surface area (Å²) in [7, 11) is 1.88. The molecule has 0 saturated carbocycles. The SMILES string of the molecule is CNc1ccc(C(C#N)=Cc2ccccc2)cc1. The Balaban J connectivity index is 2.34. The van der Waals surface area contributed by atoms with Gasteiger partial charge in [0.1, 0.15) is 0 Å². The van der Waals surface area contributed by atoms with E-state index < -0.39 is 0 Å². The third-order valence-electron chi connectivity index (χ3n) is 2.72. The Morgan fingerprint density at radius 2 is 1.72 bits per heavy atom. The van der Waals surface area contributed by atoms with Crippen molar-refractivity contribution in [2.75, 3.05) is 12.4 Å². The van der Waals surface area contributed by atoms with Gasteiger partial charge >= 0.3 is 0 Å². The molecule has 2 nitrogen and oxygen atoms in total. The lowest BCUT2D eigenvalue weighted by molar-refractivity contribution is 1.49. The molecule has 0 aliphatic heterocycles. The second-order valence-corrected chi connectivity index (χ2v) is 3.91. The van der Waals surface area contributed by atoms with E-state index in [1.54, 1.807) is 0 Å². The van der Waals surface area contributed by atoms with Crippen molar-refractivity contribution >= 4 is 17.3 Å². The van der Waals surface area contributed by atoms with Gasteiger partial charge in [0.25, 0.3) is 0 Å². The van der Waals surface area contributed by atoms with Crippen LogP contribution in [0.15, 0.2) is 54.6 Å². The molecule has 0 amide bonds. The lowest BCUT2D eigenvalue weighted by atomic mass is 10.0. The first-order valence-electron chi connectivity index (χ1n) is 5.78. The fourth-order valence-corrected chi connectivity index (χ4v) is 1.71. The first kappa shape index (κ1) is 11.9. The van der Waals surface area contributed by atoms with Crippen molar-refractivity contribution in [3.63, 3.8) is 0 Å². The highest BCUT2D eigenvalue weighted by Gasteiger charge is 2.00. The largest absolute Gasteiger partial charge is 0.388 e. The van der Waals surface area contributed by atoms with Crippen molar-refractivity contribution < 1.29 is 0 Å². The lowest BCUT2D eigenvalue weighted by Crippen LogP contribution is -1.88. The fraction of sp³-hybridized carbons (Fsp3) is 0.0625. The van der Waals surface area contributed by atoms with E-state index in [9.17, 15) is 5.26 Å². The Bertz CT molecular complexity index is 575. The molecule has 1 N–H and O–H groups in total. The summed E-state index contributed by atoms with van der Waals surface area (Å²) in [6.07, 6.45) is 1.90. The van der Waals surface area contributed by atoms with Gasteiger partial charge < -0.3 is 5.32 Å².